The number of hydrogen-bond acceptors (Lipinski definition) is 4. The molecule has 0 aromatic carbocycles. The predicted octanol–water partition coefficient (Wildman–Crippen LogP) is 5.76. The van der Waals surface area contributed by atoms with Crippen molar-refractivity contribution in [3.8, 4) is 0 Å². The summed E-state index contributed by atoms with van der Waals surface area (Å²) >= 11 is 1.99. The van der Waals surface area contributed by atoms with Gasteiger partial charge in [0.2, 0.25) is 0 Å². The molecule has 0 saturated carbocycles. The highest BCUT2D eigenvalue weighted by Gasteiger charge is 2.53. The maximum Gasteiger partial charge on any atom is 0.399 e. The first-order valence-electron chi connectivity index (χ1n) is 8.35. The van der Waals surface area contributed by atoms with Crippen LogP contribution in [0.15, 0.2) is 0 Å². The van der Waals surface area contributed by atoms with E-state index in [2.05, 4.69) is 0 Å². The summed E-state index contributed by atoms with van der Waals surface area (Å²) in [5, 5.41) is 8.68. The van der Waals surface area contributed by atoms with Gasteiger partial charge in [0.15, 0.2) is 0 Å². The fourth-order valence-electron chi connectivity index (χ4n) is 2.23. The first kappa shape index (κ1) is 23.7. The van der Waals surface area contributed by atoms with E-state index >= 15 is 0 Å². The van der Waals surface area contributed by atoms with Crippen LogP contribution in [0.5, 0.6) is 0 Å². The average molecular weight is 470 g/mol. The second-order valence-corrected chi connectivity index (χ2v) is 9.36. The Labute approximate surface area is 152 Å². The molecule has 0 bridgehead atoms. The van der Waals surface area contributed by atoms with Crippen LogP contribution in [0.4, 0.5) is 8.78 Å². The molecule has 0 saturated heterocycles. The lowest BCUT2D eigenvalue weighted by Crippen LogP contribution is -2.24. The zero-order chi connectivity index (χ0) is 17.8. The van der Waals surface area contributed by atoms with E-state index in [0.29, 0.717) is 6.42 Å². The topological polar surface area (TPSA) is 55.8 Å². The number of unbranched alkanes of at least 4 members (excludes halogenated alkanes) is 5. The highest BCUT2D eigenvalue weighted by atomic mass is 127. The molecule has 0 heterocycles. The monoisotopic (exact) mass is 470 g/mol. The molecule has 0 fully saturated rings. The third-order valence-corrected chi connectivity index (χ3v) is 6.63. The minimum atomic E-state index is -4.40. The molecule has 0 radical (unpaired) electrons. The lowest BCUT2D eigenvalue weighted by atomic mass is 10.1. The van der Waals surface area contributed by atoms with Crippen molar-refractivity contribution < 1.29 is 27.5 Å². The van der Waals surface area contributed by atoms with E-state index < -0.39 is 19.7 Å². The van der Waals surface area contributed by atoms with Crippen LogP contribution in [0, 0.1) is 0 Å². The van der Waals surface area contributed by atoms with Crippen LogP contribution < -0.4 is 0 Å². The van der Waals surface area contributed by atoms with E-state index in [1.807, 2.05) is 22.6 Å². The maximum atomic E-state index is 14.3. The van der Waals surface area contributed by atoms with Crippen molar-refractivity contribution in [3.63, 3.8) is 0 Å². The highest BCUT2D eigenvalue weighted by molar-refractivity contribution is 14.1. The van der Waals surface area contributed by atoms with Gasteiger partial charge in [-0.1, -0.05) is 54.7 Å². The van der Waals surface area contributed by atoms with E-state index in [0.717, 1.165) is 38.5 Å². The Kier molecular flexibility index (Phi) is 13.4. The molecule has 1 atom stereocenters. The van der Waals surface area contributed by atoms with E-state index in [1.165, 1.54) is 13.8 Å². The Morgan fingerprint density at radius 1 is 1.04 bits per heavy atom. The summed E-state index contributed by atoms with van der Waals surface area (Å²) in [6, 6.07) is 0. The van der Waals surface area contributed by atoms with E-state index in [9.17, 15) is 13.3 Å². The Hall–Kier alpha value is 0.700. The van der Waals surface area contributed by atoms with Crippen LogP contribution in [-0.4, -0.2) is 34.5 Å². The van der Waals surface area contributed by atoms with Crippen LogP contribution in [0.2, 0.25) is 0 Å². The summed E-state index contributed by atoms with van der Waals surface area (Å²) in [6.07, 6.45) is 5.98. The summed E-state index contributed by atoms with van der Waals surface area (Å²) in [5.41, 5.74) is -3.45. The summed E-state index contributed by atoms with van der Waals surface area (Å²) in [7, 11) is -4.40. The Balaban J connectivity index is 4.19. The number of aliphatic hydroxyl groups is 1. The molecule has 0 spiro atoms. The van der Waals surface area contributed by atoms with Gasteiger partial charge in [-0.15, -0.1) is 0 Å². The second kappa shape index (κ2) is 13.0. The first-order chi connectivity index (χ1) is 10.8. The average Bonchev–Trinajstić information content (AvgIpc) is 2.46. The SMILES string of the molecule is CCOP(=O)(OCC)C(F)(F)CC(I)CCCCCCCCO. The summed E-state index contributed by atoms with van der Waals surface area (Å²) < 4.78 is 50.1. The molecule has 4 nitrogen and oxygen atoms in total. The molecule has 0 aromatic heterocycles. The number of halogens is 3. The van der Waals surface area contributed by atoms with Crippen molar-refractivity contribution in [3.05, 3.63) is 0 Å². The highest BCUT2D eigenvalue weighted by Crippen LogP contribution is 2.64. The van der Waals surface area contributed by atoms with Crippen LogP contribution in [0.1, 0.15) is 65.2 Å². The lowest BCUT2D eigenvalue weighted by Gasteiger charge is -2.27. The van der Waals surface area contributed by atoms with Gasteiger partial charge in [0.05, 0.1) is 13.2 Å². The van der Waals surface area contributed by atoms with Crippen molar-refractivity contribution in [2.24, 2.45) is 0 Å². The van der Waals surface area contributed by atoms with Gasteiger partial charge in [0.25, 0.3) is 0 Å². The van der Waals surface area contributed by atoms with Crippen LogP contribution in [-0.2, 0) is 13.6 Å². The van der Waals surface area contributed by atoms with Crippen LogP contribution in [0.3, 0.4) is 0 Å². The molecular formula is C15H30F2IO4P. The molecule has 23 heavy (non-hydrogen) atoms. The Morgan fingerprint density at radius 3 is 2.00 bits per heavy atom. The molecule has 1 unspecified atom stereocenters. The predicted molar refractivity (Wildman–Crippen MR) is 97.6 cm³/mol. The Morgan fingerprint density at radius 2 is 1.52 bits per heavy atom. The second-order valence-electron chi connectivity index (χ2n) is 5.43. The van der Waals surface area contributed by atoms with E-state index in [1.54, 1.807) is 0 Å². The van der Waals surface area contributed by atoms with Gasteiger partial charge >= 0.3 is 13.3 Å². The molecule has 140 valence electrons. The normalized spacial score (nSPS) is 14.2. The zero-order valence-electron chi connectivity index (χ0n) is 14.1. The molecule has 0 aliphatic carbocycles. The van der Waals surface area contributed by atoms with E-state index in [-0.39, 0.29) is 23.7 Å². The van der Waals surface area contributed by atoms with Gasteiger partial charge in [-0.05, 0) is 26.7 Å². The van der Waals surface area contributed by atoms with Gasteiger partial charge in [-0.2, -0.15) is 8.78 Å². The minimum Gasteiger partial charge on any atom is -0.396 e. The number of rotatable bonds is 15. The lowest BCUT2D eigenvalue weighted by molar-refractivity contribution is 0.0318. The third-order valence-electron chi connectivity index (χ3n) is 3.39. The number of alkyl halides is 3. The largest absolute Gasteiger partial charge is 0.399 e. The molecule has 8 heteroatoms. The van der Waals surface area contributed by atoms with Crippen molar-refractivity contribution in [1.29, 1.82) is 0 Å². The van der Waals surface area contributed by atoms with Crippen LogP contribution in [0.25, 0.3) is 0 Å². The van der Waals surface area contributed by atoms with Crippen molar-refractivity contribution in [1.82, 2.24) is 0 Å². The summed E-state index contributed by atoms with van der Waals surface area (Å²) in [6.45, 7) is 3.16. The molecular weight excluding hydrogens is 440 g/mol. The van der Waals surface area contributed by atoms with Crippen molar-refractivity contribution in [2.45, 2.75) is 74.8 Å². The molecule has 0 aliphatic rings. The molecule has 1 N–H and O–H groups in total. The standard InChI is InChI=1S/C15H30F2IO4P/c1-3-21-23(20,22-4-2)15(16,17)13-14(18)11-9-7-5-6-8-10-12-19/h14,19H,3-13H2,1-2H3. The molecule has 0 rings (SSSR count). The van der Waals surface area contributed by atoms with Gasteiger partial charge in [-0.25, -0.2) is 0 Å². The van der Waals surface area contributed by atoms with Crippen molar-refractivity contribution in [2.75, 3.05) is 19.8 Å². The third kappa shape index (κ3) is 9.68. The van der Waals surface area contributed by atoms with Crippen molar-refractivity contribution >= 4 is 30.2 Å². The first-order valence-corrected chi connectivity index (χ1v) is 11.1. The maximum absolute atomic E-state index is 14.3. The zero-order valence-corrected chi connectivity index (χ0v) is 17.2. The Bertz CT molecular complexity index is 335. The fraction of sp³-hybridized carbons (Fsp3) is 1.00. The van der Waals surface area contributed by atoms with E-state index in [4.69, 9.17) is 14.2 Å². The quantitative estimate of drug-likeness (QED) is 0.143. The minimum absolute atomic E-state index is 0.0629. The summed E-state index contributed by atoms with van der Waals surface area (Å²) in [4.78, 5) is 0. The van der Waals surface area contributed by atoms with Gasteiger partial charge < -0.3 is 14.2 Å². The molecule has 0 aromatic rings. The number of hydrogen-bond donors (Lipinski definition) is 1. The number of aliphatic hydroxyl groups excluding tert-OH is 1. The van der Waals surface area contributed by atoms with Gasteiger partial charge in [-0.3, -0.25) is 4.57 Å². The summed E-state index contributed by atoms with van der Waals surface area (Å²) in [5.74, 6) is 0. The molecule has 0 aliphatic heterocycles. The smallest absolute Gasteiger partial charge is 0.396 e. The van der Waals surface area contributed by atoms with Gasteiger partial charge in [0, 0.05) is 17.0 Å². The molecule has 0 amide bonds. The van der Waals surface area contributed by atoms with Gasteiger partial charge in [0.1, 0.15) is 0 Å². The van der Waals surface area contributed by atoms with Crippen LogP contribution >= 0.6 is 30.2 Å². The fourth-order valence-corrected chi connectivity index (χ4v) is 5.15.